The highest BCUT2D eigenvalue weighted by atomic mass is 19.1. The Balaban J connectivity index is 1.83. The standard InChI is InChI=1S/C14H18FN3O3/c1-21-9-13(19)18-7-5-10(6-8-18)16-14(20)11-3-2-4-12(15)17-11/h2-4,10H,5-9H2,1H3,(H,16,20). The smallest absolute Gasteiger partial charge is 0.270 e. The lowest BCUT2D eigenvalue weighted by Gasteiger charge is -2.32. The van der Waals surface area contributed by atoms with Gasteiger partial charge in [0.2, 0.25) is 11.9 Å². The predicted molar refractivity (Wildman–Crippen MR) is 73.1 cm³/mol. The van der Waals surface area contributed by atoms with Crippen molar-refractivity contribution in [1.82, 2.24) is 15.2 Å². The number of piperidine rings is 1. The molecule has 1 saturated heterocycles. The van der Waals surface area contributed by atoms with Gasteiger partial charge in [0, 0.05) is 26.2 Å². The van der Waals surface area contributed by atoms with Crippen LogP contribution in [0.25, 0.3) is 0 Å². The van der Waals surface area contributed by atoms with Crippen molar-refractivity contribution in [3.8, 4) is 0 Å². The first kappa shape index (κ1) is 15.4. The number of rotatable bonds is 4. The molecule has 1 aromatic heterocycles. The summed E-state index contributed by atoms with van der Waals surface area (Å²) in [4.78, 5) is 28.9. The lowest BCUT2D eigenvalue weighted by Crippen LogP contribution is -2.47. The molecule has 0 aliphatic carbocycles. The first-order chi connectivity index (χ1) is 10.1. The van der Waals surface area contributed by atoms with Crippen LogP contribution in [-0.4, -0.2) is 54.5 Å². The second-order valence-corrected chi connectivity index (χ2v) is 4.91. The van der Waals surface area contributed by atoms with Crippen molar-refractivity contribution < 1.29 is 18.7 Å². The zero-order chi connectivity index (χ0) is 15.2. The molecule has 1 aromatic rings. The summed E-state index contributed by atoms with van der Waals surface area (Å²) >= 11 is 0. The fraction of sp³-hybridized carbons (Fsp3) is 0.500. The zero-order valence-corrected chi connectivity index (χ0v) is 11.8. The van der Waals surface area contributed by atoms with E-state index in [-0.39, 0.29) is 24.2 Å². The minimum atomic E-state index is -0.678. The lowest BCUT2D eigenvalue weighted by atomic mass is 10.0. The average Bonchev–Trinajstić information content (AvgIpc) is 2.48. The Morgan fingerprint density at radius 2 is 2.14 bits per heavy atom. The van der Waals surface area contributed by atoms with Crippen LogP contribution >= 0.6 is 0 Å². The van der Waals surface area contributed by atoms with E-state index in [4.69, 9.17) is 4.74 Å². The van der Waals surface area contributed by atoms with Gasteiger partial charge in [-0.25, -0.2) is 4.98 Å². The highest BCUT2D eigenvalue weighted by molar-refractivity contribution is 5.92. The normalized spacial score (nSPS) is 15.8. The molecule has 114 valence electrons. The number of ether oxygens (including phenoxy) is 1. The summed E-state index contributed by atoms with van der Waals surface area (Å²) in [6.07, 6.45) is 1.33. The molecule has 0 saturated carbocycles. The number of halogens is 1. The summed E-state index contributed by atoms with van der Waals surface area (Å²) < 4.78 is 17.8. The molecule has 0 spiro atoms. The van der Waals surface area contributed by atoms with Crippen LogP contribution in [0.1, 0.15) is 23.3 Å². The van der Waals surface area contributed by atoms with Crippen molar-refractivity contribution >= 4 is 11.8 Å². The fourth-order valence-electron chi connectivity index (χ4n) is 2.28. The average molecular weight is 295 g/mol. The van der Waals surface area contributed by atoms with Gasteiger partial charge in [-0.3, -0.25) is 9.59 Å². The zero-order valence-electron chi connectivity index (χ0n) is 11.8. The van der Waals surface area contributed by atoms with Crippen molar-refractivity contribution in [2.45, 2.75) is 18.9 Å². The summed E-state index contributed by atoms with van der Waals surface area (Å²) in [5.41, 5.74) is 0.0629. The molecule has 6 nitrogen and oxygen atoms in total. The van der Waals surface area contributed by atoms with Crippen LogP contribution in [0.15, 0.2) is 18.2 Å². The molecule has 2 heterocycles. The third-order valence-corrected chi connectivity index (χ3v) is 3.40. The maximum atomic E-state index is 13.0. The number of nitrogens with one attached hydrogen (secondary N) is 1. The van der Waals surface area contributed by atoms with Crippen LogP contribution in [0, 0.1) is 5.95 Å². The Labute approximate surface area is 122 Å². The Bertz CT molecular complexity index is 516. The van der Waals surface area contributed by atoms with Crippen molar-refractivity contribution in [1.29, 1.82) is 0 Å². The molecule has 2 rings (SSSR count). The van der Waals surface area contributed by atoms with Crippen molar-refractivity contribution in [2.75, 3.05) is 26.8 Å². The number of methoxy groups -OCH3 is 1. The molecule has 1 fully saturated rings. The van der Waals surface area contributed by atoms with Crippen molar-refractivity contribution in [2.24, 2.45) is 0 Å². The van der Waals surface area contributed by atoms with Gasteiger partial charge in [-0.1, -0.05) is 6.07 Å². The third-order valence-electron chi connectivity index (χ3n) is 3.40. The van der Waals surface area contributed by atoms with Crippen LogP contribution in [0.2, 0.25) is 0 Å². The van der Waals surface area contributed by atoms with Crippen LogP contribution in [0.4, 0.5) is 4.39 Å². The SMILES string of the molecule is COCC(=O)N1CCC(NC(=O)c2cccc(F)n2)CC1. The number of hydrogen-bond donors (Lipinski definition) is 1. The van der Waals surface area contributed by atoms with E-state index in [2.05, 4.69) is 10.3 Å². The van der Waals surface area contributed by atoms with Crippen LogP contribution in [-0.2, 0) is 9.53 Å². The van der Waals surface area contributed by atoms with E-state index in [0.29, 0.717) is 25.9 Å². The topological polar surface area (TPSA) is 71.5 Å². The van der Waals surface area contributed by atoms with Crippen molar-refractivity contribution in [3.63, 3.8) is 0 Å². The van der Waals surface area contributed by atoms with E-state index < -0.39 is 11.9 Å². The highest BCUT2D eigenvalue weighted by Gasteiger charge is 2.24. The number of carbonyl (C=O) groups excluding carboxylic acids is 2. The maximum absolute atomic E-state index is 13.0. The van der Waals surface area contributed by atoms with Gasteiger partial charge in [-0.05, 0) is 25.0 Å². The Morgan fingerprint density at radius 3 is 2.76 bits per heavy atom. The molecule has 1 N–H and O–H groups in total. The molecule has 1 aliphatic rings. The van der Waals surface area contributed by atoms with E-state index >= 15 is 0 Å². The predicted octanol–water partition coefficient (Wildman–Crippen LogP) is 0.588. The molecule has 0 atom stereocenters. The van der Waals surface area contributed by atoms with Gasteiger partial charge >= 0.3 is 0 Å². The molecule has 7 heteroatoms. The summed E-state index contributed by atoms with van der Waals surface area (Å²) in [7, 11) is 1.48. The number of carbonyl (C=O) groups is 2. The number of pyridine rings is 1. The Kier molecular flexibility index (Phi) is 5.21. The fourth-order valence-corrected chi connectivity index (χ4v) is 2.28. The summed E-state index contributed by atoms with van der Waals surface area (Å²) in [6, 6.07) is 4.07. The molecule has 0 radical (unpaired) electrons. The van der Waals surface area contributed by atoms with E-state index in [1.54, 1.807) is 4.90 Å². The summed E-state index contributed by atoms with van der Waals surface area (Å²) in [5.74, 6) is -1.12. The van der Waals surface area contributed by atoms with Gasteiger partial charge in [0.1, 0.15) is 12.3 Å². The lowest BCUT2D eigenvalue weighted by molar-refractivity contribution is -0.136. The molecular formula is C14H18FN3O3. The van der Waals surface area contributed by atoms with Crippen molar-refractivity contribution in [3.05, 3.63) is 29.8 Å². The maximum Gasteiger partial charge on any atom is 0.270 e. The van der Waals surface area contributed by atoms with Gasteiger partial charge in [0.05, 0.1) is 0 Å². The molecule has 2 amide bonds. The number of hydrogen-bond acceptors (Lipinski definition) is 4. The quantitative estimate of drug-likeness (QED) is 0.825. The summed E-state index contributed by atoms with van der Waals surface area (Å²) in [5, 5.41) is 2.82. The highest BCUT2D eigenvalue weighted by Crippen LogP contribution is 2.11. The number of amides is 2. The molecule has 1 aliphatic heterocycles. The first-order valence-electron chi connectivity index (χ1n) is 6.80. The second kappa shape index (κ2) is 7.12. The molecule has 0 unspecified atom stereocenters. The number of likely N-dealkylation sites (tertiary alicyclic amines) is 1. The van der Waals surface area contributed by atoms with E-state index in [0.717, 1.165) is 0 Å². The molecule has 21 heavy (non-hydrogen) atoms. The van der Waals surface area contributed by atoms with E-state index in [1.165, 1.54) is 25.3 Å². The van der Waals surface area contributed by atoms with Crippen LogP contribution < -0.4 is 5.32 Å². The van der Waals surface area contributed by atoms with Gasteiger partial charge in [0.15, 0.2) is 0 Å². The molecule has 0 bridgehead atoms. The first-order valence-corrected chi connectivity index (χ1v) is 6.80. The van der Waals surface area contributed by atoms with Gasteiger partial charge < -0.3 is 15.0 Å². The number of nitrogens with zero attached hydrogens (tertiary/aromatic N) is 2. The largest absolute Gasteiger partial charge is 0.375 e. The molecule has 0 aromatic carbocycles. The van der Waals surface area contributed by atoms with Crippen LogP contribution in [0.3, 0.4) is 0 Å². The molecular weight excluding hydrogens is 277 g/mol. The minimum absolute atomic E-state index is 0.0332. The Hall–Kier alpha value is -2.02. The van der Waals surface area contributed by atoms with Gasteiger partial charge in [-0.2, -0.15) is 4.39 Å². The van der Waals surface area contributed by atoms with Gasteiger partial charge in [0.25, 0.3) is 5.91 Å². The monoisotopic (exact) mass is 295 g/mol. The Morgan fingerprint density at radius 1 is 1.43 bits per heavy atom. The van der Waals surface area contributed by atoms with E-state index in [1.807, 2.05) is 0 Å². The van der Waals surface area contributed by atoms with Gasteiger partial charge in [-0.15, -0.1) is 0 Å². The van der Waals surface area contributed by atoms with E-state index in [9.17, 15) is 14.0 Å². The summed E-state index contributed by atoms with van der Waals surface area (Å²) in [6.45, 7) is 1.22. The minimum Gasteiger partial charge on any atom is -0.375 e. The number of aromatic nitrogens is 1. The third kappa shape index (κ3) is 4.22. The van der Waals surface area contributed by atoms with Crippen LogP contribution in [0.5, 0.6) is 0 Å². The second-order valence-electron chi connectivity index (χ2n) is 4.91.